The van der Waals surface area contributed by atoms with Crippen molar-refractivity contribution in [3.63, 3.8) is 0 Å². The average molecular weight is 315 g/mol. The monoisotopic (exact) mass is 314 g/mol. The van der Waals surface area contributed by atoms with Crippen LogP contribution in [-0.2, 0) is 0 Å². The van der Waals surface area contributed by atoms with Crippen LogP contribution in [0.15, 0.2) is 11.6 Å². The van der Waals surface area contributed by atoms with E-state index >= 15 is 0 Å². The largest absolute Gasteiger partial charge is 0.327 e. The highest BCUT2D eigenvalue weighted by atomic mass is 15.0. The van der Waals surface area contributed by atoms with E-state index in [9.17, 15) is 0 Å². The van der Waals surface area contributed by atoms with Gasteiger partial charge >= 0.3 is 0 Å². The number of rotatable bonds is 0. The molecular weight excluding hydrogens is 280 g/mol. The molecule has 0 aromatic carbocycles. The van der Waals surface area contributed by atoms with Crippen molar-refractivity contribution in [3.05, 3.63) is 11.6 Å². The summed E-state index contributed by atoms with van der Waals surface area (Å²) >= 11 is 0. The Hall–Kier alpha value is -0.340. The average Bonchev–Trinajstić information content (AvgIpc) is 3.06. The summed E-state index contributed by atoms with van der Waals surface area (Å²) in [6, 6.07) is 1.19. The predicted octanol–water partition coefficient (Wildman–Crippen LogP) is 3.86. The zero-order valence-corrected chi connectivity index (χ0v) is 15.0. The van der Waals surface area contributed by atoms with Crippen molar-refractivity contribution in [2.75, 3.05) is 6.54 Å². The molecule has 3 saturated carbocycles. The molecule has 5 rings (SSSR count). The van der Waals surface area contributed by atoms with Crippen LogP contribution in [0.3, 0.4) is 0 Å². The molecule has 3 N–H and O–H groups in total. The lowest BCUT2D eigenvalue weighted by molar-refractivity contribution is -0.0373. The summed E-state index contributed by atoms with van der Waals surface area (Å²) in [5.41, 5.74) is 9.17. The van der Waals surface area contributed by atoms with E-state index < -0.39 is 0 Å². The molecule has 2 heteroatoms. The molecule has 2 nitrogen and oxygen atoms in total. The second-order valence-corrected chi connectivity index (χ2v) is 9.89. The fourth-order valence-corrected chi connectivity index (χ4v) is 8.13. The molecule has 0 aromatic heterocycles. The van der Waals surface area contributed by atoms with E-state index in [-0.39, 0.29) is 0 Å². The smallest absolute Gasteiger partial charge is 0.00766 e. The number of allylic oxidation sites excluding steroid dienone is 1. The molecule has 1 saturated heterocycles. The third-order valence-electron chi connectivity index (χ3n) is 9.28. The molecule has 1 spiro atoms. The van der Waals surface area contributed by atoms with E-state index in [0.29, 0.717) is 16.9 Å². The van der Waals surface area contributed by atoms with Gasteiger partial charge in [-0.3, -0.25) is 0 Å². The van der Waals surface area contributed by atoms with Crippen molar-refractivity contribution in [1.29, 1.82) is 0 Å². The molecule has 0 bridgehead atoms. The number of nitrogens with two attached hydrogens (primary N) is 1. The van der Waals surface area contributed by atoms with Crippen molar-refractivity contribution >= 4 is 0 Å². The maximum Gasteiger partial charge on any atom is 0.00766 e. The Morgan fingerprint density at radius 2 is 1.91 bits per heavy atom. The first-order chi connectivity index (χ1) is 11.0. The molecule has 4 aliphatic carbocycles. The molecule has 23 heavy (non-hydrogen) atoms. The van der Waals surface area contributed by atoms with Crippen LogP contribution in [0.25, 0.3) is 0 Å². The summed E-state index contributed by atoms with van der Waals surface area (Å²) in [6.07, 6.45) is 13.7. The van der Waals surface area contributed by atoms with E-state index in [0.717, 1.165) is 29.7 Å². The topological polar surface area (TPSA) is 38.0 Å². The van der Waals surface area contributed by atoms with Crippen molar-refractivity contribution in [3.8, 4) is 0 Å². The molecular formula is C21H34N2. The Labute approximate surface area is 141 Å². The van der Waals surface area contributed by atoms with Crippen molar-refractivity contribution in [1.82, 2.24) is 5.32 Å². The first kappa shape index (κ1) is 15.0. The van der Waals surface area contributed by atoms with Crippen molar-refractivity contribution in [2.24, 2.45) is 40.2 Å². The fourth-order valence-electron chi connectivity index (χ4n) is 8.13. The lowest BCUT2D eigenvalue weighted by atomic mass is 9.47. The Bertz CT molecular complexity index is 540. The number of hydrogen-bond acceptors (Lipinski definition) is 2. The van der Waals surface area contributed by atoms with Crippen LogP contribution in [0.1, 0.15) is 65.2 Å². The molecule has 128 valence electrons. The molecule has 5 aliphatic rings. The van der Waals surface area contributed by atoms with Crippen molar-refractivity contribution < 1.29 is 0 Å². The maximum atomic E-state index is 6.29. The third-order valence-corrected chi connectivity index (χ3v) is 9.28. The first-order valence-corrected chi connectivity index (χ1v) is 10.2. The van der Waals surface area contributed by atoms with Gasteiger partial charge in [0.2, 0.25) is 0 Å². The Morgan fingerprint density at radius 3 is 2.78 bits per heavy atom. The normalized spacial score (nSPS) is 58.0. The van der Waals surface area contributed by atoms with Gasteiger partial charge in [-0.15, -0.1) is 0 Å². The summed E-state index contributed by atoms with van der Waals surface area (Å²) < 4.78 is 0. The van der Waals surface area contributed by atoms with E-state index in [1.54, 1.807) is 5.57 Å². The number of nitrogens with one attached hydrogen (secondary N) is 1. The minimum Gasteiger partial charge on any atom is -0.327 e. The minimum absolute atomic E-state index is 0.427. The minimum atomic E-state index is 0.427. The van der Waals surface area contributed by atoms with Crippen LogP contribution in [-0.4, -0.2) is 18.6 Å². The molecule has 1 aliphatic heterocycles. The standard InChI is InChI=1S/C21H34N2/c1-13-17-5-6-19-16-4-3-14-11-15(22)7-9-20(14,2)18(16)8-10-21(17,19)12-23-13/h3,13,15-19,23H,4-12,22H2,1-2H3/t13-,15-,16+,17+,18-,19-,20-,21-/m0/s1. The number of fused-ring (bicyclic) bond motifs is 4. The second kappa shape index (κ2) is 4.85. The predicted molar refractivity (Wildman–Crippen MR) is 95.0 cm³/mol. The van der Waals surface area contributed by atoms with Crippen LogP contribution >= 0.6 is 0 Å². The summed E-state index contributed by atoms with van der Waals surface area (Å²) in [6.45, 7) is 6.35. The Kier molecular flexibility index (Phi) is 3.15. The van der Waals surface area contributed by atoms with Gasteiger partial charge < -0.3 is 11.1 Å². The molecule has 8 atom stereocenters. The molecule has 0 aromatic rings. The summed E-state index contributed by atoms with van der Waals surface area (Å²) in [5, 5.41) is 3.85. The second-order valence-electron chi connectivity index (χ2n) is 9.89. The lowest BCUT2D eigenvalue weighted by Crippen LogP contribution is -2.52. The molecule has 1 heterocycles. The van der Waals surface area contributed by atoms with Crippen molar-refractivity contribution in [2.45, 2.75) is 77.3 Å². The van der Waals surface area contributed by atoms with Gasteiger partial charge in [0.25, 0.3) is 0 Å². The summed E-state index contributed by atoms with van der Waals surface area (Å²) in [5.74, 6) is 3.87. The van der Waals surface area contributed by atoms with Gasteiger partial charge in [0.05, 0.1) is 0 Å². The fraction of sp³-hybridized carbons (Fsp3) is 0.905. The van der Waals surface area contributed by atoms with Crippen LogP contribution in [0.5, 0.6) is 0 Å². The van der Waals surface area contributed by atoms with E-state index in [1.807, 2.05) is 0 Å². The third kappa shape index (κ3) is 1.83. The van der Waals surface area contributed by atoms with Gasteiger partial charge in [0.15, 0.2) is 0 Å². The van der Waals surface area contributed by atoms with Crippen LogP contribution in [0.2, 0.25) is 0 Å². The van der Waals surface area contributed by atoms with E-state index in [1.165, 1.54) is 57.9 Å². The summed E-state index contributed by atoms with van der Waals surface area (Å²) in [7, 11) is 0. The SMILES string of the molecule is C[C@@H]1NC[C@]23CC[C@H]4[C@@H](CC=C5C[C@@H](N)CC[C@@]54C)[C@@H]2CC[C@H]13. The van der Waals surface area contributed by atoms with Gasteiger partial charge in [-0.05, 0) is 92.8 Å². The van der Waals surface area contributed by atoms with Gasteiger partial charge in [-0.2, -0.15) is 0 Å². The first-order valence-electron chi connectivity index (χ1n) is 10.2. The van der Waals surface area contributed by atoms with Crippen LogP contribution in [0.4, 0.5) is 0 Å². The van der Waals surface area contributed by atoms with Gasteiger partial charge in [0.1, 0.15) is 0 Å². The molecule has 0 amide bonds. The maximum absolute atomic E-state index is 6.29. The van der Waals surface area contributed by atoms with Gasteiger partial charge in [-0.25, -0.2) is 0 Å². The molecule has 0 radical (unpaired) electrons. The zero-order chi connectivity index (χ0) is 15.8. The van der Waals surface area contributed by atoms with Crippen LogP contribution < -0.4 is 11.1 Å². The lowest BCUT2D eigenvalue weighted by Gasteiger charge is -2.58. The summed E-state index contributed by atoms with van der Waals surface area (Å²) in [4.78, 5) is 0. The molecule has 4 fully saturated rings. The van der Waals surface area contributed by atoms with E-state index in [4.69, 9.17) is 5.73 Å². The van der Waals surface area contributed by atoms with Gasteiger partial charge in [0, 0.05) is 18.6 Å². The Balaban J connectivity index is 1.49. The van der Waals surface area contributed by atoms with Crippen LogP contribution in [0, 0.1) is 34.5 Å². The number of hydrogen-bond donors (Lipinski definition) is 2. The highest BCUT2D eigenvalue weighted by molar-refractivity contribution is 5.26. The molecule has 0 unspecified atom stereocenters. The van der Waals surface area contributed by atoms with Gasteiger partial charge in [-0.1, -0.05) is 18.6 Å². The quantitative estimate of drug-likeness (QED) is 0.666. The highest BCUT2D eigenvalue weighted by Gasteiger charge is 2.62. The Morgan fingerprint density at radius 1 is 1.09 bits per heavy atom. The highest BCUT2D eigenvalue weighted by Crippen LogP contribution is 2.67. The zero-order valence-electron chi connectivity index (χ0n) is 15.0. The van der Waals surface area contributed by atoms with E-state index in [2.05, 4.69) is 25.2 Å².